The van der Waals surface area contributed by atoms with Gasteiger partial charge in [-0.2, -0.15) is 5.26 Å². The Bertz CT molecular complexity index is 251. The Balaban J connectivity index is 2.24. The fourth-order valence-corrected chi connectivity index (χ4v) is 2.09. The van der Waals surface area contributed by atoms with E-state index in [9.17, 15) is 4.79 Å². The van der Waals surface area contributed by atoms with E-state index in [2.05, 4.69) is 11.0 Å². The zero-order valence-corrected chi connectivity index (χ0v) is 9.28. The van der Waals surface area contributed by atoms with Crippen LogP contribution in [0.2, 0.25) is 0 Å². The lowest BCUT2D eigenvalue weighted by atomic mass is 9.93. The van der Waals surface area contributed by atoms with Gasteiger partial charge in [0.15, 0.2) is 0 Å². The summed E-state index contributed by atoms with van der Waals surface area (Å²) in [6.07, 6.45) is 2.57. The van der Waals surface area contributed by atoms with Crippen LogP contribution in [0, 0.1) is 23.2 Å². The monoisotopic (exact) mass is 209 g/mol. The quantitative estimate of drug-likeness (QED) is 0.742. The van der Waals surface area contributed by atoms with Crippen molar-refractivity contribution < 1.29 is 4.79 Å². The normalized spacial score (nSPS) is 20.8. The van der Waals surface area contributed by atoms with Crippen molar-refractivity contribution in [2.75, 3.05) is 19.6 Å². The molecule has 1 heterocycles. The predicted molar refractivity (Wildman–Crippen MR) is 57.8 cm³/mol. The summed E-state index contributed by atoms with van der Waals surface area (Å²) in [7, 11) is 0. The number of hydrogen-bond acceptors (Lipinski definition) is 3. The van der Waals surface area contributed by atoms with Gasteiger partial charge >= 0.3 is 0 Å². The molecule has 1 aliphatic heterocycles. The van der Waals surface area contributed by atoms with Crippen LogP contribution >= 0.6 is 0 Å². The van der Waals surface area contributed by atoms with Crippen LogP contribution in [0.3, 0.4) is 0 Å². The maximum atomic E-state index is 10.7. The first-order valence-electron chi connectivity index (χ1n) is 5.52. The molecule has 84 valence electrons. The second-order valence-corrected chi connectivity index (χ2v) is 4.44. The highest BCUT2D eigenvalue weighted by molar-refractivity contribution is 5.73. The lowest BCUT2D eigenvalue weighted by Gasteiger charge is -2.31. The summed E-state index contributed by atoms with van der Waals surface area (Å²) in [4.78, 5) is 13.0. The minimum atomic E-state index is -0.196. The summed E-state index contributed by atoms with van der Waals surface area (Å²) in [5.41, 5.74) is 5.16. The summed E-state index contributed by atoms with van der Waals surface area (Å²) in [6, 6.07) is 2.24. The molecule has 0 aliphatic carbocycles. The van der Waals surface area contributed by atoms with E-state index in [1.807, 2.05) is 6.92 Å². The van der Waals surface area contributed by atoms with Crippen LogP contribution in [-0.4, -0.2) is 30.4 Å². The maximum Gasteiger partial charge on any atom is 0.217 e. The van der Waals surface area contributed by atoms with E-state index >= 15 is 0 Å². The van der Waals surface area contributed by atoms with Crippen molar-refractivity contribution in [3.05, 3.63) is 0 Å². The molecule has 1 fully saturated rings. The molecule has 0 bridgehead atoms. The van der Waals surface area contributed by atoms with E-state index < -0.39 is 0 Å². The molecule has 1 amide bonds. The van der Waals surface area contributed by atoms with Gasteiger partial charge in [-0.3, -0.25) is 4.79 Å². The van der Waals surface area contributed by atoms with E-state index in [4.69, 9.17) is 11.0 Å². The van der Waals surface area contributed by atoms with E-state index in [0.29, 0.717) is 12.3 Å². The average molecular weight is 209 g/mol. The predicted octanol–water partition coefficient (Wildman–Crippen LogP) is 0.733. The molecule has 0 saturated carbocycles. The Hall–Kier alpha value is -1.08. The number of likely N-dealkylation sites (tertiary alicyclic amines) is 1. The van der Waals surface area contributed by atoms with E-state index in [1.165, 1.54) is 0 Å². The second-order valence-electron chi connectivity index (χ2n) is 4.44. The second kappa shape index (κ2) is 5.72. The van der Waals surface area contributed by atoms with Crippen LogP contribution in [0.5, 0.6) is 0 Å². The van der Waals surface area contributed by atoms with E-state index in [1.54, 1.807) is 0 Å². The third-order valence-corrected chi connectivity index (χ3v) is 2.95. The summed E-state index contributed by atoms with van der Waals surface area (Å²) >= 11 is 0. The number of rotatable bonds is 4. The van der Waals surface area contributed by atoms with Crippen LogP contribution < -0.4 is 5.73 Å². The average Bonchev–Trinajstić information content (AvgIpc) is 2.20. The van der Waals surface area contributed by atoms with Crippen molar-refractivity contribution in [3.8, 4) is 6.07 Å². The molecule has 4 heteroatoms. The van der Waals surface area contributed by atoms with Crippen LogP contribution in [-0.2, 0) is 4.79 Å². The van der Waals surface area contributed by atoms with Gasteiger partial charge in [0, 0.05) is 13.0 Å². The molecule has 15 heavy (non-hydrogen) atoms. The van der Waals surface area contributed by atoms with Crippen molar-refractivity contribution in [2.45, 2.75) is 26.2 Å². The Labute approximate surface area is 91.0 Å². The number of amides is 1. The van der Waals surface area contributed by atoms with Crippen LogP contribution in [0.25, 0.3) is 0 Å². The van der Waals surface area contributed by atoms with Gasteiger partial charge in [0.2, 0.25) is 5.91 Å². The van der Waals surface area contributed by atoms with Crippen LogP contribution in [0.15, 0.2) is 0 Å². The molecule has 0 aromatic rings. The van der Waals surface area contributed by atoms with Crippen molar-refractivity contribution >= 4 is 5.91 Å². The number of nitrogens with two attached hydrogens (primary N) is 1. The molecule has 4 nitrogen and oxygen atoms in total. The molecule has 0 aromatic heterocycles. The van der Waals surface area contributed by atoms with Gasteiger partial charge in [0.1, 0.15) is 0 Å². The van der Waals surface area contributed by atoms with Crippen molar-refractivity contribution in [1.82, 2.24) is 4.90 Å². The summed E-state index contributed by atoms with van der Waals surface area (Å²) in [5.74, 6) is 0.354. The number of carbonyl (C=O) groups is 1. The van der Waals surface area contributed by atoms with Crippen molar-refractivity contribution in [1.29, 1.82) is 5.26 Å². The van der Waals surface area contributed by atoms with Crippen LogP contribution in [0.4, 0.5) is 0 Å². The van der Waals surface area contributed by atoms with Gasteiger partial charge < -0.3 is 10.6 Å². The van der Waals surface area contributed by atoms with Gasteiger partial charge in [-0.1, -0.05) is 0 Å². The summed E-state index contributed by atoms with van der Waals surface area (Å²) in [5, 5.41) is 8.70. The summed E-state index contributed by atoms with van der Waals surface area (Å²) in [6.45, 7) is 4.77. The Morgan fingerprint density at radius 3 is 2.67 bits per heavy atom. The van der Waals surface area contributed by atoms with Crippen molar-refractivity contribution in [2.24, 2.45) is 17.6 Å². The lowest BCUT2D eigenvalue weighted by molar-refractivity contribution is -0.119. The smallest absolute Gasteiger partial charge is 0.217 e. The Morgan fingerprint density at radius 2 is 2.20 bits per heavy atom. The first kappa shape index (κ1) is 12.0. The molecular weight excluding hydrogens is 190 g/mol. The maximum absolute atomic E-state index is 10.7. The SMILES string of the molecule is CC(C#N)CN1CCC(CC(N)=O)CC1. The third-order valence-electron chi connectivity index (χ3n) is 2.95. The molecular formula is C11H19N3O. The third kappa shape index (κ3) is 4.30. The van der Waals surface area contributed by atoms with Gasteiger partial charge in [-0.25, -0.2) is 0 Å². The molecule has 1 atom stereocenters. The fourth-order valence-electron chi connectivity index (χ4n) is 2.09. The number of primary amides is 1. The molecule has 1 aliphatic rings. The highest BCUT2D eigenvalue weighted by atomic mass is 16.1. The first-order chi connectivity index (χ1) is 7.11. The number of nitrogens with zero attached hydrogens (tertiary/aromatic N) is 2. The molecule has 2 N–H and O–H groups in total. The van der Waals surface area contributed by atoms with Crippen molar-refractivity contribution in [3.63, 3.8) is 0 Å². The molecule has 1 saturated heterocycles. The number of nitriles is 1. The van der Waals surface area contributed by atoms with Gasteiger partial charge in [0.25, 0.3) is 0 Å². The van der Waals surface area contributed by atoms with Gasteiger partial charge in [0.05, 0.1) is 12.0 Å². The van der Waals surface area contributed by atoms with E-state index in [-0.39, 0.29) is 11.8 Å². The Morgan fingerprint density at radius 1 is 1.60 bits per heavy atom. The van der Waals surface area contributed by atoms with Gasteiger partial charge in [-0.05, 0) is 38.8 Å². The highest BCUT2D eigenvalue weighted by Crippen LogP contribution is 2.20. The minimum Gasteiger partial charge on any atom is -0.370 e. The highest BCUT2D eigenvalue weighted by Gasteiger charge is 2.21. The largest absolute Gasteiger partial charge is 0.370 e. The molecule has 1 rings (SSSR count). The first-order valence-corrected chi connectivity index (χ1v) is 5.52. The molecule has 0 spiro atoms. The number of piperidine rings is 1. The lowest BCUT2D eigenvalue weighted by Crippen LogP contribution is -2.37. The van der Waals surface area contributed by atoms with Crippen LogP contribution in [0.1, 0.15) is 26.2 Å². The molecule has 0 aromatic carbocycles. The molecule has 0 radical (unpaired) electrons. The topological polar surface area (TPSA) is 70.1 Å². The Kier molecular flexibility index (Phi) is 4.57. The molecule has 1 unspecified atom stereocenters. The summed E-state index contributed by atoms with van der Waals surface area (Å²) < 4.78 is 0. The zero-order valence-electron chi connectivity index (χ0n) is 9.28. The number of hydrogen-bond donors (Lipinski definition) is 1. The van der Waals surface area contributed by atoms with E-state index in [0.717, 1.165) is 32.5 Å². The van der Waals surface area contributed by atoms with Gasteiger partial charge in [-0.15, -0.1) is 0 Å². The zero-order chi connectivity index (χ0) is 11.3. The standard InChI is InChI=1S/C11H19N3O/c1-9(7-12)8-14-4-2-10(3-5-14)6-11(13)15/h9-10H,2-6,8H2,1H3,(H2,13,15). The fraction of sp³-hybridized carbons (Fsp3) is 0.818. The number of carbonyl (C=O) groups excluding carboxylic acids is 1. The minimum absolute atomic E-state index is 0.0951.